The maximum atomic E-state index is 11.2. The van der Waals surface area contributed by atoms with E-state index in [2.05, 4.69) is 26.5 Å². The average Bonchev–Trinajstić information content (AvgIpc) is 3.63. The normalized spacial score (nSPS) is 14.5. The fourth-order valence-corrected chi connectivity index (χ4v) is 4.70. The van der Waals surface area contributed by atoms with E-state index in [0.717, 1.165) is 35.1 Å². The zero-order valence-corrected chi connectivity index (χ0v) is 21.5. The maximum Gasteiger partial charge on any atom is 0.276 e. The molecule has 2 aromatic heterocycles. The lowest BCUT2D eigenvalue weighted by Crippen LogP contribution is -2.36. The lowest BCUT2D eigenvalue weighted by Gasteiger charge is -2.17. The van der Waals surface area contributed by atoms with Crippen LogP contribution in [0, 0.1) is 6.92 Å². The minimum Gasteiger partial charge on any atom is -0.490 e. The van der Waals surface area contributed by atoms with E-state index in [1.165, 1.54) is 12.8 Å². The fourth-order valence-electron chi connectivity index (χ4n) is 4.70. The topological polar surface area (TPSA) is 140 Å². The summed E-state index contributed by atoms with van der Waals surface area (Å²) < 4.78 is 17.0. The highest BCUT2D eigenvalue weighted by atomic mass is 16.5. The van der Waals surface area contributed by atoms with Gasteiger partial charge in [-0.3, -0.25) is 4.79 Å². The summed E-state index contributed by atoms with van der Waals surface area (Å²) in [6.45, 7) is 3.28. The number of nitrogens with zero attached hydrogens (tertiary/aromatic N) is 3. The van der Waals surface area contributed by atoms with Gasteiger partial charge in [-0.25, -0.2) is 4.98 Å². The van der Waals surface area contributed by atoms with Gasteiger partial charge in [-0.2, -0.15) is 4.98 Å². The molecule has 0 aliphatic heterocycles. The molecule has 0 spiro atoms. The Morgan fingerprint density at radius 2 is 2.03 bits per heavy atom. The van der Waals surface area contributed by atoms with Crippen molar-refractivity contribution in [3.8, 4) is 34.6 Å². The SMILES string of the molecule is CCc1cc(-c2noc(-c3ccc(C4CCCC4)c(OC)n3)n2)cc(C)c1OC[C@@H](O)CNC(=O)CO. The third-order valence-corrected chi connectivity index (χ3v) is 6.61. The van der Waals surface area contributed by atoms with Crippen LogP contribution >= 0.6 is 0 Å². The second-order valence-corrected chi connectivity index (χ2v) is 9.26. The highest BCUT2D eigenvalue weighted by Crippen LogP contribution is 2.39. The van der Waals surface area contributed by atoms with Crippen LogP contribution in [-0.4, -0.2) is 64.2 Å². The molecule has 2 heterocycles. The fraction of sp³-hybridized carbons (Fsp3) is 0.481. The molecule has 0 radical (unpaired) electrons. The predicted octanol–water partition coefficient (Wildman–Crippen LogP) is 3.18. The molecular weight excluding hydrogens is 476 g/mol. The number of aryl methyl sites for hydroxylation is 2. The highest BCUT2D eigenvalue weighted by molar-refractivity contribution is 5.76. The Kier molecular flexibility index (Phi) is 8.73. The summed E-state index contributed by atoms with van der Waals surface area (Å²) in [5, 5.41) is 25.5. The molecule has 37 heavy (non-hydrogen) atoms. The molecule has 10 heteroatoms. The monoisotopic (exact) mass is 510 g/mol. The van der Waals surface area contributed by atoms with Gasteiger partial charge in [0.05, 0.1) is 7.11 Å². The first-order valence-electron chi connectivity index (χ1n) is 12.6. The van der Waals surface area contributed by atoms with E-state index in [0.29, 0.717) is 41.4 Å². The van der Waals surface area contributed by atoms with Crippen molar-refractivity contribution in [3.63, 3.8) is 0 Å². The molecule has 3 aromatic rings. The second kappa shape index (κ2) is 12.2. The van der Waals surface area contributed by atoms with Gasteiger partial charge in [0.2, 0.25) is 17.6 Å². The smallest absolute Gasteiger partial charge is 0.276 e. The van der Waals surface area contributed by atoms with Crippen molar-refractivity contribution in [2.24, 2.45) is 0 Å². The van der Waals surface area contributed by atoms with Gasteiger partial charge in [0.1, 0.15) is 30.8 Å². The van der Waals surface area contributed by atoms with Crippen LogP contribution in [-0.2, 0) is 11.2 Å². The maximum absolute atomic E-state index is 11.2. The number of ether oxygens (including phenoxy) is 2. The second-order valence-electron chi connectivity index (χ2n) is 9.26. The molecule has 1 saturated carbocycles. The lowest BCUT2D eigenvalue weighted by atomic mass is 9.98. The third-order valence-electron chi connectivity index (χ3n) is 6.61. The molecule has 1 aliphatic rings. The first-order chi connectivity index (χ1) is 17.9. The van der Waals surface area contributed by atoms with Crippen molar-refractivity contribution in [1.82, 2.24) is 20.4 Å². The van der Waals surface area contributed by atoms with E-state index in [1.807, 2.05) is 32.0 Å². The highest BCUT2D eigenvalue weighted by Gasteiger charge is 2.23. The summed E-state index contributed by atoms with van der Waals surface area (Å²) in [4.78, 5) is 20.4. The molecule has 3 N–H and O–H groups in total. The van der Waals surface area contributed by atoms with Gasteiger partial charge in [-0.1, -0.05) is 31.0 Å². The minimum atomic E-state index is -0.913. The first-order valence-corrected chi connectivity index (χ1v) is 12.6. The van der Waals surface area contributed by atoms with Crippen LogP contribution in [0.25, 0.3) is 23.0 Å². The molecule has 0 bridgehead atoms. The summed E-state index contributed by atoms with van der Waals surface area (Å²) in [7, 11) is 1.63. The molecule has 4 rings (SSSR count). The van der Waals surface area contributed by atoms with E-state index in [9.17, 15) is 9.90 Å². The van der Waals surface area contributed by atoms with Crippen LogP contribution < -0.4 is 14.8 Å². The quantitative estimate of drug-likeness (QED) is 0.355. The largest absolute Gasteiger partial charge is 0.490 e. The van der Waals surface area contributed by atoms with E-state index in [1.54, 1.807) is 7.11 Å². The van der Waals surface area contributed by atoms with Crippen molar-refractivity contribution in [3.05, 3.63) is 41.0 Å². The number of carbonyl (C=O) groups excluding carboxylic acids is 1. The Morgan fingerprint density at radius 3 is 2.73 bits per heavy atom. The van der Waals surface area contributed by atoms with Crippen LogP contribution in [0.4, 0.5) is 0 Å². The molecular formula is C27H34N4O6. The van der Waals surface area contributed by atoms with Gasteiger partial charge in [-0.15, -0.1) is 0 Å². The summed E-state index contributed by atoms with van der Waals surface area (Å²) in [6.07, 6.45) is 4.54. The van der Waals surface area contributed by atoms with Gasteiger partial charge in [0, 0.05) is 17.7 Å². The van der Waals surface area contributed by atoms with Gasteiger partial charge in [-0.05, 0) is 61.4 Å². The van der Waals surface area contributed by atoms with Crippen molar-refractivity contribution in [2.75, 3.05) is 26.9 Å². The van der Waals surface area contributed by atoms with Crippen molar-refractivity contribution < 1.29 is 29.0 Å². The first kappa shape index (κ1) is 26.6. The van der Waals surface area contributed by atoms with E-state index < -0.39 is 18.6 Å². The zero-order valence-electron chi connectivity index (χ0n) is 21.5. The zero-order chi connectivity index (χ0) is 26.4. The number of hydrogen-bond donors (Lipinski definition) is 3. The summed E-state index contributed by atoms with van der Waals surface area (Å²) in [6, 6.07) is 7.80. The van der Waals surface area contributed by atoms with Crippen LogP contribution in [0.15, 0.2) is 28.8 Å². The van der Waals surface area contributed by atoms with Crippen LogP contribution in [0.5, 0.6) is 11.6 Å². The molecule has 1 aliphatic carbocycles. The van der Waals surface area contributed by atoms with Crippen LogP contribution in [0.1, 0.15) is 55.2 Å². The molecule has 1 aromatic carbocycles. The van der Waals surface area contributed by atoms with Crippen LogP contribution in [0.2, 0.25) is 0 Å². The number of benzene rings is 1. The number of aliphatic hydroxyl groups excluding tert-OH is 2. The van der Waals surface area contributed by atoms with Gasteiger partial charge < -0.3 is 29.5 Å². The van der Waals surface area contributed by atoms with Crippen molar-refractivity contribution in [2.45, 2.75) is 58.0 Å². The molecule has 0 saturated heterocycles. The van der Waals surface area contributed by atoms with Gasteiger partial charge in [0.25, 0.3) is 5.89 Å². The number of aromatic nitrogens is 3. The molecule has 198 valence electrons. The number of amides is 1. The molecule has 0 unspecified atom stereocenters. The van der Waals surface area contributed by atoms with Gasteiger partial charge in [0.15, 0.2) is 0 Å². The number of nitrogens with one attached hydrogen (secondary N) is 1. The number of aliphatic hydroxyl groups is 2. The number of hydrogen-bond acceptors (Lipinski definition) is 9. The molecule has 10 nitrogen and oxygen atoms in total. The number of carbonyl (C=O) groups is 1. The Balaban J connectivity index is 1.50. The third kappa shape index (κ3) is 6.26. The number of methoxy groups -OCH3 is 1. The Labute approximate surface area is 216 Å². The van der Waals surface area contributed by atoms with E-state index >= 15 is 0 Å². The Bertz CT molecular complexity index is 1220. The van der Waals surface area contributed by atoms with Crippen LogP contribution in [0.3, 0.4) is 0 Å². The predicted molar refractivity (Wildman–Crippen MR) is 136 cm³/mol. The van der Waals surface area contributed by atoms with Crippen molar-refractivity contribution in [1.29, 1.82) is 0 Å². The molecule has 1 amide bonds. The average molecular weight is 511 g/mol. The minimum absolute atomic E-state index is 0.00436. The van der Waals surface area contributed by atoms with E-state index in [-0.39, 0.29) is 13.2 Å². The molecule has 1 fully saturated rings. The lowest BCUT2D eigenvalue weighted by molar-refractivity contribution is -0.124. The Hall–Kier alpha value is -3.50. The van der Waals surface area contributed by atoms with E-state index in [4.69, 9.17) is 19.1 Å². The van der Waals surface area contributed by atoms with Gasteiger partial charge >= 0.3 is 0 Å². The molecule has 1 atom stereocenters. The van der Waals surface area contributed by atoms with Crippen molar-refractivity contribution >= 4 is 5.91 Å². The summed E-state index contributed by atoms with van der Waals surface area (Å²) in [5.74, 6) is 1.95. The Morgan fingerprint density at radius 1 is 1.24 bits per heavy atom. The number of pyridine rings is 1. The standard InChI is InChI=1S/C27H34N4O6/c1-4-17-12-19(11-16(2)24(17)36-15-20(33)13-28-23(34)14-32)25-30-27(37-31-25)22-10-9-21(26(29-22)35-3)18-7-5-6-8-18/h9-12,18,20,32-33H,4-8,13-15H2,1-3H3,(H,28,34)/t20-/m0/s1. The summed E-state index contributed by atoms with van der Waals surface area (Å²) >= 11 is 0. The summed E-state index contributed by atoms with van der Waals surface area (Å²) in [5.41, 5.74) is 4.25. The number of rotatable bonds is 11.